The van der Waals surface area contributed by atoms with Crippen LogP contribution in [0.5, 0.6) is 0 Å². The molecule has 2 aromatic rings. The molecule has 0 aromatic carbocycles. The van der Waals surface area contributed by atoms with Gasteiger partial charge in [0.05, 0.1) is 0 Å². The number of alkyl halides is 3. The third-order valence-corrected chi connectivity index (χ3v) is 6.32. The van der Waals surface area contributed by atoms with E-state index in [0.717, 1.165) is 5.56 Å². The number of sulfonamides is 1. The van der Waals surface area contributed by atoms with Crippen molar-refractivity contribution in [1.82, 2.24) is 29.5 Å². The summed E-state index contributed by atoms with van der Waals surface area (Å²) in [5.74, 6) is 1.20. The van der Waals surface area contributed by atoms with Crippen LogP contribution in [0.3, 0.4) is 0 Å². The van der Waals surface area contributed by atoms with Crippen LogP contribution < -0.4 is 10.6 Å². The Morgan fingerprint density at radius 1 is 1.30 bits per heavy atom. The van der Waals surface area contributed by atoms with Gasteiger partial charge in [-0.25, -0.2) is 18.4 Å². The van der Waals surface area contributed by atoms with E-state index in [-0.39, 0.29) is 32.0 Å². The monoisotopic (exact) mass is 445 g/mol. The van der Waals surface area contributed by atoms with E-state index in [1.54, 1.807) is 36.5 Å². The zero-order valence-corrected chi connectivity index (χ0v) is 17.0. The Morgan fingerprint density at radius 3 is 2.63 bits per heavy atom. The van der Waals surface area contributed by atoms with Gasteiger partial charge in [0, 0.05) is 51.3 Å². The lowest BCUT2D eigenvalue weighted by Crippen LogP contribution is -2.51. The number of pyridine rings is 1. The molecule has 1 saturated heterocycles. The quantitative estimate of drug-likeness (QED) is 0.530. The molecule has 1 aliphatic heterocycles. The van der Waals surface area contributed by atoms with Crippen molar-refractivity contribution in [3.8, 4) is 5.82 Å². The fraction of sp³-hybridized carbons (Fsp3) is 0.471. The average molecular weight is 445 g/mol. The lowest BCUT2D eigenvalue weighted by molar-refractivity contribution is -0.0494. The van der Waals surface area contributed by atoms with Gasteiger partial charge in [-0.3, -0.25) is 9.56 Å². The number of guanidine groups is 1. The fourth-order valence-electron chi connectivity index (χ4n) is 3.07. The molecular weight excluding hydrogens is 423 g/mol. The van der Waals surface area contributed by atoms with E-state index >= 15 is 0 Å². The maximum absolute atomic E-state index is 12.7. The minimum atomic E-state index is -5.28. The minimum absolute atomic E-state index is 0.185. The number of aromatic nitrogens is 3. The normalized spacial score (nSPS) is 17.1. The number of piperidine rings is 1. The second kappa shape index (κ2) is 9.00. The van der Waals surface area contributed by atoms with Crippen LogP contribution in [-0.2, 0) is 16.6 Å². The highest BCUT2D eigenvalue weighted by Crippen LogP contribution is 2.28. The van der Waals surface area contributed by atoms with E-state index in [1.165, 1.54) is 0 Å². The zero-order chi connectivity index (χ0) is 21.8. The fourth-order valence-corrected chi connectivity index (χ4v) is 4.05. The highest BCUT2D eigenvalue weighted by Gasteiger charge is 2.50. The van der Waals surface area contributed by atoms with E-state index in [0.29, 0.717) is 22.6 Å². The van der Waals surface area contributed by atoms with Crippen molar-refractivity contribution in [2.24, 2.45) is 4.99 Å². The summed E-state index contributed by atoms with van der Waals surface area (Å²) >= 11 is 0. The predicted molar refractivity (Wildman–Crippen MR) is 104 cm³/mol. The van der Waals surface area contributed by atoms with Crippen LogP contribution in [0, 0.1) is 0 Å². The molecule has 0 atom stereocenters. The summed E-state index contributed by atoms with van der Waals surface area (Å²) in [6.45, 7) is 0.0510. The van der Waals surface area contributed by atoms with Gasteiger partial charge in [-0.05, 0) is 30.5 Å². The molecule has 0 unspecified atom stereocenters. The lowest BCUT2D eigenvalue weighted by Gasteiger charge is -2.32. The molecule has 30 heavy (non-hydrogen) atoms. The van der Waals surface area contributed by atoms with Crippen molar-refractivity contribution in [2.75, 3.05) is 20.1 Å². The summed E-state index contributed by atoms with van der Waals surface area (Å²) in [7, 11) is -3.69. The first-order valence-electron chi connectivity index (χ1n) is 9.17. The van der Waals surface area contributed by atoms with Crippen molar-refractivity contribution in [3.63, 3.8) is 0 Å². The average Bonchev–Trinajstić information content (AvgIpc) is 3.26. The second-order valence-electron chi connectivity index (χ2n) is 6.69. The summed E-state index contributed by atoms with van der Waals surface area (Å²) in [5.41, 5.74) is -4.33. The van der Waals surface area contributed by atoms with Crippen molar-refractivity contribution in [3.05, 3.63) is 42.6 Å². The van der Waals surface area contributed by atoms with Gasteiger partial charge in [-0.15, -0.1) is 0 Å². The first-order chi connectivity index (χ1) is 14.2. The van der Waals surface area contributed by atoms with Crippen LogP contribution in [0.2, 0.25) is 0 Å². The Bertz CT molecular complexity index is 969. The second-order valence-corrected chi connectivity index (χ2v) is 8.62. The molecule has 13 heteroatoms. The molecule has 2 N–H and O–H groups in total. The first-order valence-corrected chi connectivity index (χ1v) is 10.6. The van der Waals surface area contributed by atoms with Crippen LogP contribution in [0.15, 0.2) is 42.0 Å². The van der Waals surface area contributed by atoms with Crippen molar-refractivity contribution >= 4 is 16.0 Å². The number of halogens is 3. The summed E-state index contributed by atoms with van der Waals surface area (Å²) in [5, 5.41) is 6.28. The number of rotatable bonds is 5. The van der Waals surface area contributed by atoms with Gasteiger partial charge >= 0.3 is 15.5 Å². The molecule has 0 saturated carbocycles. The topological polar surface area (TPSA) is 105 Å². The molecule has 0 bridgehead atoms. The molecule has 0 aliphatic carbocycles. The summed E-state index contributed by atoms with van der Waals surface area (Å²) in [6.07, 6.45) is 7.26. The van der Waals surface area contributed by atoms with Crippen LogP contribution in [0.4, 0.5) is 13.2 Å². The van der Waals surface area contributed by atoms with Crippen molar-refractivity contribution in [2.45, 2.75) is 30.9 Å². The van der Waals surface area contributed by atoms with Gasteiger partial charge in [0.15, 0.2) is 5.96 Å². The van der Waals surface area contributed by atoms with Gasteiger partial charge in [0.1, 0.15) is 12.1 Å². The van der Waals surface area contributed by atoms with E-state index in [4.69, 9.17) is 0 Å². The van der Waals surface area contributed by atoms with Crippen LogP contribution in [0.1, 0.15) is 18.4 Å². The predicted octanol–water partition coefficient (Wildman–Crippen LogP) is 1.25. The number of hydrogen-bond donors (Lipinski definition) is 2. The van der Waals surface area contributed by atoms with Crippen LogP contribution in [0.25, 0.3) is 5.82 Å². The van der Waals surface area contributed by atoms with Gasteiger partial charge in [0.2, 0.25) is 0 Å². The van der Waals surface area contributed by atoms with E-state index in [2.05, 4.69) is 25.6 Å². The standard InChI is InChI=1S/C17H22F3N7O2S/c1-21-16(24-11-13-2-5-23-15(10-13)26-9-6-22-12-26)25-14-3-7-27(8-4-14)30(28,29)17(18,19)20/h2,5-6,9-10,12,14H,3-4,7-8,11H2,1H3,(H2,21,24,25). The van der Waals surface area contributed by atoms with Crippen molar-refractivity contribution < 1.29 is 21.6 Å². The highest BCUT2D eigenvalue weighted by molar-refractivity contribution is 7.90. The third kappa shape index (κ3) is 5.08. The Hall–Kier alpha value is -2.67. The number of nitrogens with one attached hydrogen (secondary N) is 2. The van der Waals surface area contributed by atoms with E-state index in [9.17, 15) is 21.6 Å². The highest BCUT2D eigenvalue weighted by atomic mass is 32.2. The SMILES string of the molecule is CN=C(NCc1ccnc(-n2ccnc2)c1)NC1CCN(S(=O)(=O)C(F)(F)F)CC1. The molecule has 3 heterocycles. The van der Waals surface area contributed by atoms with E-state index in [1.807, 2.05) is 12.1 Å². The largest absolute Gasteiger partial charge is 0.511 e. The molecule has 0 radical (unpaired) electrons. The Kier molecular flexibility index (Phi) is 6.61. The maximum atomic E-state index is 12.7. The molecule has 9 nitrogen and oxygen atoms in total. The smallest absolute Gasteiger partial charge is 0.354 e. The van der Waals surface area contributed by atoms with Gasteiger partial charge in [-0.1, -0.05) is 0 Å². The van der Waals surface area contributed by atoms with Crippen LogP contribution >= 0.6 is 0 Å². The van der Waals surface area contributed by atoms with Crippen molar-refractivity contribution in [1.29, 1.82) is 0 Å². The first kappa shape index (κ1) is 22.0. The Morgan fingerprint density at radius 2 is 2.03 bits per heavy atom. The molecule has 1 aliphatic rings. The molecule has 2 aromatic heterocycles. The Balaban J connectivity index is 1.52. The van der Waals surface area contributed by atoms with Crippen LogP contribution in [-0.4, -0.2) is 64.9 Å². The lowest BCUT2D eigenvalue weighted by atomic mass is 10.1. The Labute approximate surface area is 172 Å². The van der Waals surface area contributed by atoms with E-state index < -0.39 is 15.5 Å². The molecule has 164 valence electrons. The summed E-state index contributed by atoms with van der Waals surface area (Å²) in [4.78, 5) is 12.4. The number of imidazole rings is 1. The molecular formula is C17H22F3N7O2S. The minimum Gasteiger partial charge on any atom is -0.354 e. The molecule has 1 fully saturated rings. The number of aliphatic imine (C=N–C) groups is 1. The van der Waals surface area contributed by atoms with Gasteiger partial charge in [0.25, 0.3) is 0 Å². The summed E-state index contributed by atoms with van der Waals surface area (Å²) in [6, 6.07) is 3.55. The third-order valence-electron chi connectivity index (χ3n) is 4.69. The maximum Gasteiger partial charge on any atom is 0.511 e. The summed E-state index contributed by atoms with van der Waals surface area (Å²) < 4.78 is 63.3. The molecule has 0 amide bonds. The number of nitrogens with zero attached hydrogens (tertiary/aromatic N) is 5. The van der Waals surface area contributed by atoms with Gasteiger partial charge < -0.3 is 10.6 Å². The molecule has 0 spiro atoms. The molecule has 3 rings (SSSR count). The zero-order valence-electron chi connectivity index (χ0n) is 16.2. The number of hydrogen-bond acceptors (Lipinski definition) is 5. The van der Waals surface area contributed by atoms with Gasteiger partial charge in [-0.2, -0.15) is 17.5 Å².